The van der Waals surface area contributed by atoms with Crippen LogP contribution in [0.15, 0.2) is 0 Å². The van der Waals surface area contributed by atoms with Crippen molar-refractivity contribution in [2.45, 2.75) is 64.7 Å². The second-order valence-electron chi connectivity index (χ2n) is 3.91. The summed E-state index contributed by atoms with van der Waals surface area (Å²) in [7, 11) is 0. The van der Waals surface area contributed by atoms with Gasteiger partial charge in [-0.3, -0.25) is 4.79 Å². The number of hydrogen-bond acceptors (Lipinski definition) is 4. The van der Waals surface area contributed by atoms with E-state index in [-0.39, 0.29) is 6.42 Å². The third-order valence-corrected chi connectivity index (χ3v) is 2.41. The molecule has 0 saturated carbocycles. The standard InChI is InChI=1S/C11H21NO4/c1-2-3-4-5-6-7-8-9-10-11(13)16-12(14)15/h2-10H2,1H3. The number of carbonyl (C=O) groups is 1. The van der Waals surface area contributed by atoms with Crippen LogP contribution in [0.3, 0.4) is 0 Å². The van der Waals surface area contributed by atoms with Crippen LogP contribution >= 0.6 is 0 Å². The third-order valence-electron chi connectivity index (χ3n) is 2.41. The molecule has 0 aromatic heterocycles. The van der Waals surface area contributed by atoms with E-state index in [1.54, 1.807) is 0 Å². The molecule has 0 saturated heterocycles. The van der Waals surface area contributed by atoms with Crippen LogP contribution in [-0.4, -0.2) is 11.1 Å². The second kappa shape index (κ2) is 10.4. The van der Waals surface area contributed by atoms with Crippen molar-refractivity contribution in [2.75, 3.05) is 0 Å². The Labute approximate surface area is 96.3 Å². The Kier molecular flexibility index (Phi) is 9.66. The first kappa shape index (κ1) is 14.9. The normalized spacial score (nSPS) is 10.1. The van der Waals surface area contributed by atoms with Crippen LogP contribution in [-0.2, 0) is 9.63 Å². The summed E-state index contributed by atoms with van der Waals surface area (Å²) in [5, 5.41) is 8.76. The lowest BCUT2D eigenvalue weighted by Gasteiger charge is -2.00. The van der Waals surface area contributed by atoms with Gasteiger partial charge >= 0.3 is 11.1 Å². The van der Waals surface area contributed by atoms with E-state index in [2.05, 4.69) is 11.8 Å². The van der Waals surface area contributed by atoms with E-state index in [1.807, 2.05) is 0 Å². The molecule has 0 aromatic rings. The van der Waals surface area contributed by atoms with Crippen LogP contribution in [0.4, 0.5) is 0 Å². The Bertz CT molecular complexity index is 206. The fourth-order valence-corrected chi connectivity index (χ4v) is 1.53. The maximum atomic E-state index is 10.8. The molecular weight excluding hydrogens is 210 g/mol. The summed E-state index contributed by atoms with van der Waals surface area (Å²) in [5.41, 5.74) is 0. The first-order valence-electron chi connectivity index (χ1n) is 6.02. The molecule has 0 atom stereocenters. The minimum absolute atomic E-state index is 0.149. The highest BCUT2D eigenvalue weighted by molar-refractivity contribution is 5.68. The fraction of sp³-hybridized carbons (Fsp3) is 0.909. The Morgan fingerprint density at radius 3 is 2.06 bits per heavy atom. The second-order valence-corrected chi connectivity index (χ2v) is 3.91. The number of nitrogens with zero attached hydrogens (tertiary/aromatic N) is 1. The third kappa shape index (κ3) is 10.9. The van der Waals surface area contributed by atoms with Gasteiger partial charge in [0, 0.05) is 6.42 Å². The SMILES string of the molecule is CCCCCCCCCCC(=O)O[N+](=O)[O-]. The number of carbonyl (C=O) groups excluding carboxylic acids is 1. The van der Waals surface area contributed by atoms with Crippen molar-refractivity contribution in [3.8, 4) is 0 Å². The van der Waals surface area contributed by atoms with Crippen LogP contribution < -0.4 is 0 Å². The molecule has 0 fully saturated rings. The molecule has 0 radical (unpaired) electrons. The zero-order valence-corrected chi connectivity index (χ0v) is 9.94. The number of rotatable bonds is 10. The Morgan fingerprint density at radius 1 is 1.06 bits per heavy atom. The number of hydrogen-bond donors (Lipinski definition) is 0. The zero-order valence-electron chi connectivity index (χ0n) is 9.94. The molecule has 94 valence electrons. The van der Waals surface area contributed by atoms with Crippen molar-refractivity contribution < 1.29 is 14.7 Å². The van der Waals surface area contributed by atoms with Gasteiger partial charge in [0.25, 0.3) is 0 Å². The molecular formula is C11H21NO4. The monoisotopic (exact) mass is 231 g/mol. The Morgan fingerprint density at radius 2 is 1.56 bits per heavy atom. The summed E-state index contributed by atoms with van der Waals surface area (Å²) < 4.78 is 0. The smallest absolute Gasteiger partial charge is 0.268 e. The Balaban J connectivity index is 3.14. The molecule has 0 aliphatic carbocycles. The van der Waals surface area contributed by atoms with E-state index in [1.165, 1.54) is 32.1 Å². The van der Waals surface area contributed by atoms with Gasteiger partial charge in [-0.1, -0.05) is 51.9 Å². The summed E-state index contributed by atoms with van der Waals surface area (Å²) in [6, 6.07) is 0. The maximum Gasteiger partial charge on any atom is 0.303 e. The zero-order chi connectivity index (χ0) is 12.2. The van der Waals surface area contributed by atoms with Crippen LogP contribution in [0.25, 0.3) is 0 Å². The van der Waals surface area contributed by atoms with Gasteiger partial charge in [-0.05, 0) is 6.42 Å². The Hall–Kier alpha value is -1.13. The van der Waals surface area contributed by atoms with Crippen molar-refractivity contribution in [3.63, 3.8) is 0 Å². The van der Waals surface area contributed by atoms with Crippen molar-refractivity contribution in [1.29, 1.82) is 0 Å². The maximum absolute atomic E-state index is 10.8. The van der Waals surface area contributed by atoms with Gasteiger partial charge in [-0.15, -0.1) is 10.1 Å². The van der Waals surface area contributed by atoms with Gasteiger partial charge in [-0.2, -0.15) is 0 Å². The first-order chi connectivity index (χ1) is 7.66. The molecule has 0 aliphatic heterocycles. The van der Waals surface area contributed by atoms with E-state index in [4.69, 9.17) is 0 Å². The lowest BCUT2D eigenvalue weighted by atomic mass is 10.1. The highest BCUT2D eigenvalue weighted by Gasteiger charge is 2.06. The molecule has 0 aromatic carbocycles. The van der Waals surface area contributed by atoms with E-state index >= 15 is 0 Å². The first-order valence-corrected chi connectivity index (χ1v) is 6.02. The van der Waals surface area contributed by atoms with Gasteiger partial charge in [0.05, 0.1) is 0 Å². The highest BCUT2D eigenvalue weighted by atomic mass is 17.0. The van der Waals surface area contributed by atoms with Gasteiger partial charge < -0.3 is 0 Å². The van der Waals surface area contributed by atoms with Crippen LogP contribution in [0.2, 0.25) is 0 Å². The lowest BCUT2D eigenvalue weighted by Crippen LogP contribution is -2.09. The van der Waals surface area contributed by atoms with Crippen LogP contribution in [0, 0.1) is 10.1 Å². The van der Waals surface area contributed by atoms with E-state index in [9.17, 15) is 14.9 Å². The van der Waals surface area contributed by atoms with Gasteiger partial charge in [0.15, 0.2) is 0 Å². The summed E-state index contributed by atoms with van der Waals surface area (Å²) in [6.07, 6.45) is 9.10. The molecule has 0 unspecified atom stereocenters. The van der Waals surface area contributed by atoms with Crippen molar-refractivity contribution in [1.82, 2.24) is 0 Å². The summed E-state index contributed by atoms with van der Waals surface area (Å²) >= 11 is 0. The van der Waals surface area contributed by atoms with Crippen LogP contribution in [0.5, 0.6) is 0 Å². The molecule has 0 rings (SSSR count). The predicted octanol–water partition coefficient (Wildman–Crippen LogP) is 3.25. The molecule has 0 amide bonds. The average molecular weight is 231 g/mol. The fourth-order valence-electron chi connectivity index (χ4n) is 1.53. The van der Waals surface area contributed by atoms with E-state index in [0.29, 0.717) is 6.42 Å². The summed E-state index contributed by atoms with van der Waals surface area (Å²) in [4.78, 5) is 24.4. The van der Waals surface area contributed by atoms with Crippen molar-refractivity contribution >= 4 is 5.97 Å². The molecule has 5 nitrogen and oxygen atoms in total. The quantitative estimate of drug-likeness (QED) is 0.329. The molecule has 16 heavy (non-hydrogen) atoms. The largest absolute Gasteiger partial charge is 0.303 e. The molecule has 0 N–H and O–H groups in total. The molecule has 0 heterocycles. The molecule has 0 bridgehead atoms. The van der Waals surface area contributed by atoms with E-state index in [0.717, 1.165) is 12.8 Å². The van der Waals surface area contributed by atoms with Gasteiger partial charge in [0.2, 0.25) is 0 Å². The van der Waals surface area contributed by atoms with Gasteiger partial charge in [-0.25, -0.2) is 4.84 Å². The van der Waals surface area contributed by atoms with Crippen molar-refractivity contribution in [3.05, 3.63) is 10.1 Å². The van der Waals surface area contributed by atoms with E-state index < -0.39 is 11.1 Å². The van der Waals surface area contributed by atoms with Gasteiger partial charge in [0.1, 0.15) is 0 Å². The lowest BCUT2D eigenvalue weighted by molar-refractivity contribution is -0.729. The summed E-state index contributed by atoms with van der Waals surface area (Å²) in [6.45, 7) is 2.18. The summed E-state index contributed by atoms with van der Waals surface area (Å²) in [5.74, 6) is -0.740. The van der Waals surface area contributed by atoms with Crippen LogP contribution in [0.1, 0.15) is 64.7 Å². The van der Waals surface area contributed by atoms with Crippen molar-refractivity contribution in [2.24, 2.45) is 0 Å². The molecule has 5 heteroatoms. The topological polar surface area (TPSA) is 69.4 Å². The number of unbranched alkanes of at least 4 members (excludes halogenated alkanes) is 7. The highest BCUT2D eigenvalue weighted by Crippen LogP contribution is 2.09. The minimum atomic E-state index is -1.05. The predicted molar refractivity (Wildman–Crippen MR) is 60.3 cm³/mol. The average Bonchev–Trinajstić information content (AvgIpc) is 2.21. The molecule has 0 aliphatic rings. The molecule has 0 spiro atoms. The minimum Gasteiger partial charge on any atom is -0.268 e.